The third-order valence-electron chi connectivity index (χ3n) is 1.31. The molecular formula is C4H7FN4. The summed E-state index contributed by atoms with van der Waals surface area (Å²) in [5, 5.41) is 6.01. The number of hydrogen-bond acceptors (Lipinski definition) is 2. The van der Waals surface area contributed by atoms with Crippen molar-refractivity contribution in [3.8, 4) is 0 Å². The van der Waals surface area contributed by atoms with Crippen molar-refractivity contribution in [3.05, 3.63) is 10.4 Å². The molecule has 0 aromatic carbocycles. The zero-order chi connectivity index (χ0) is 6.69. The van der Waals surface area contributed by atoms with Crippen LogP contribution in [0.4, 0.5) is 4.39 Å². The number of nitrogens with one attached hydrogen (secondary N) is 1. The maximum absolute atomic E-state index is 12.4. The van der Waals surface area contributed by atoms with Crippen LogP contribution in [0.3, 0.4) is 0 Å². The van der Waals surface area contributed by atoms with Crippen LogP contribution in [0.5, 0.6) is 0 Å². The van der Waals surface area contributed by atoms with Crippen LogP contribution in [0.15, 0.2) is 5.11 Å². The van der Waals surface area contributed by atoms with Gasteiger partial charge in [-0.25, -0.2) is 4.39 Å². The summed E-state index contributed by atoms with van der Waals surface area (Å²) in [7, 11) is 0. The number of halogens is 1. The molecule has 0 aromatic rings. The highest BCUT2D eigenvalue weighted by molar-refractivity contribution is 4.86. The molecule has 0 bridgehead atoms. The molecule has 1 saturated heterocycles. The van der Waals surface area contributed by atoms with E-state index < -0.39 is 12.2 Å². The van der Waals surface area contributed by atoms with Gasteiger partial charge in [0, 0.05) is 18.0 Å². The van der Waals surface area contributed by atoms with Crippen molar-refractivity contribution in [3.63, 3.8) is 0 Å². The van der Waals surface area contributed by atoms with Gasteiger partial charge in [-0.05, 0) is 5.53 Å². The van der Waals surface area contributed by atoms with Gasteiger partial charge < -0.3 is 5.32 Å². The zero-order valence-corrected chi connectivity index (χ0v) is 4.79. The minimum Gasteiger partial charge on any atom is -0.313 e. The van der Waals surface area contributed by atoms with Gasteiger partial charge in [0.25, 0.3) is 0 Å². The number of alkyl halides is 1. The maximum Gasteiger partial charge on any atom is 0.122 e. The molecule has 5 heteroatoms. The SMILES string of the molecule is [N-]=[N+]=NC1CNCC1F. The van der Waals surface area contributed by atoms with Gasteiger partial charge in [0.2, 0.25) is 0 Å². The van der Waals surface area contributed by atoms with Crippen molar-refractivity contribution in [2.75, 3.05) is 13.1 Å². The average Bonchev–Trinajstić information content (AvgIpc) is 2.18. The Labute approximate surface area is 51.7 Å². The summed E-state index contributed by atoms with van der Waals surface area (Å²) in [4.78, 5) is 2.51. The van der Waals surface area contributed by atoms with Gasteiger partial charge in [-0.2, -0.15) is 0 Å². The highest BCUT2D eigenvalue weighted by atomic mass is 19.1. The molecular weight excluding hydrogens is 123 g/mol. The van der Waals surface area contributed by atoms with E-state index in [1.807, 2.05) is 0 Å². The molecule has 2 unspecified atom stereocenters. The predicted molar refractivity (Wildman–Crippen MR) is 30.7 cm³/mol. The van der Waals surface area contributed by atoms with E-state index in [0.29, 0.717) is 13.1 Å². The van der Waals surface area contributed by atoms with Crippen LogP contribution in [-0.2, 0) is 0 Å². The highest BCUT2D eigenvalue weighted by Crippen LogP contribution is 2.07. The number of hydrogen-bond donors (Lipinski definition) is 1. The van der Waals surface area contributed by atoms with Crippen LogP contribution in [0.25, 0.3) is 10.4 Å². The number of rotatable bonds is 1. The van der Waals surface area contributed by atoms with Gasteiger partial charge >= 0.3 is 0 Å². The molecule has 1 aliphatic heterocycles. The molecule has 0 spiro atoms. The lowest BCUT2D eigenvalue weighted by Crippen LogP contribution is -2.15. The van der Waals surface area contributed by atoms with Crippen molar-refractivity contribution >= 4 is 0 Å². The van der Waals surface area contributed by atoms with E-state index in [1.54, 1.807) is 0 Å². The lowest BCUT2D eigenvalue weighted by molar-refractivity contribution is 0.332. The van der Waals surface area contributed by atoms with Crippen LogP contribution in [0.2, 0.25) is 0 Å². The fourth-order valence-electron chi connectivity index (χ4n) is 0.813. The Bertz CT molecular complexity index is 142. The molecule has 2 atom stereocenters. The summed E-state index contributed by atoms with van der Waals surface area (Å²) in [6, 6.07) is -0.491. The van der Waals surface area contributed by atoms with Crippen LogP contribution in [0.1, 0.15) is 0 Å². The van der Waals surface area contributed by atoms with Crippen molar-refractivity contribution < 1.29 is 4.39 Å². The maximum atomic E-state index is 12.4. The number of azide groups is 1. The zero-order valence-electron chi connectivity index (χ0n) is 4.79. The number of nitrogens with zero attached hydrogens (tertiary/aromatic N) is 3. The predicted octanol–water partition coefficient (Wildman–Crippen LogP) is 0.607. The Morgan fingerprint density at radius 2 is 2.44 bits per heavy atom. The fourth-order valence-corrected chi connectivity index (χ4v) is 0.813. The first-order valence-corrected chi connectivity index (χ1v) is 2.73. The van der Waals surface area contributed by atoms with E-state index in [0.717, 1.165) is 0 Å². The first kappa shape index (κ1) is 6.32. The summed E-state index contributed by atoms with van der Waals surface area (Å²) in [5.74, 6) is 0. The van der Waals surface area contributed by atoms with E-state index in [4.69, 9.17) is 5.53 Å². The van der Waals surface area contributed by atoms with E-state index >= 15 is 0 Å². The van der Waals surface area contributed by atoms with Crippen molar-refractivity contribution in [1.29, 1.82) is 0 Å². The summed E-state index contributed by atoms with van der Waals surface area (Å²) in [5.41, 5.74) is 7.91. The second kappa shape index (κ2) is 2.66. The Morgan fingerprint density at radius 3 is 2.89 bits per heavy atom. The Hall–Kier alpha value is -0.800. The van der Waals surface area contributed by atoms with Gasteiger partial charge in [-0.1, -0.05) is 5.11 Å². The largest absolute Gasteiger partial charge is 0.313 e. The quantitative estimate of drug-likeness (QED) is 0.315. The Morgan fingerprint density at radius 1 is 1.67 bits per heavy atom. The summed E-state index contributed by atoms with van der Waals surface area (Å²) >= 11 is 0. The summed E-state index contributed by atoms with van der Waals surface area (Å²) < 4.78 is 12.4. The van der Waals surface area contributed by atoms with Gasteiger partial charge in [0.1, 0.15) is 6.17 Å². The molecule has 9 heavy (non-hydrogen) atoms. The molecule has 0 saturated carbocycles. The smallest absolute Gasteiger partial charge is 0.122 e. The van der Waals surface area contributed by atoms with E-state index in [2.05, 4.69) is 15.3 Å². The van der Waals surface area contributed by atoms with E-state index in [1.165, 1.54) is 0 Å². The first-order valence-electron chi connectivity index (χ1n) is 2.73. The molecule has 0 aliphatic carbocycles. The third kappa shape index (κ3) is 1.31. The first-order chi connectivity index (χ1) is 4.34. The van der Waals surface area contributed by atoms with Crippen LogP contribution in [-0.4, -0.2) is 25.3 Å². The average molecular weight is 130 g/mol. The molecule has 1 fully saturated rings. The molecule has 0 radical (unpaired) electrons. The Kier molecular flexibility index (Phi) is 1.87. The second-order valence-electron chi connectivity index (χ2n) is 1.95. The third-order valence-corrected chi connectivity index (χ3v) is 1.31. The molecule has 0 amide bonds. The lowest BCUT2D eigenvalue weighted by Gasteiger charge is -1.99. The highest BCUT2D eigenvalue weighted by Gasteiger charge is 2.24. The standard InChI is InChI=1S/C4H7FN4/c5-3-1-7-2-4(3)8-9-6/h3-4,7H,1-2H2. The minimum absolute atomic E-state index is 0.309. The molecule has 1 rings (SSSR count). The summed E-state index contributed by atoms with van der Waals surface area (Å²) in [6.07, 6.45) is -0.999. The molecule has 0 aromatic heterocycles. The van der Waals surface area contributed by atoms with Gasteiger partial charge in [-0.3, -0.25) is 0 Å². The molecule has 1 N–H and O–H groups in total. The van der Waals surface area contributed by atoms with Crippen LogP contribution in [0, 0.1) is 0 Å². The molecule has 4 nitrogen and oxygen atoms in total. The van der Waals surface area contributed by atoms with E-state index in [9.17, 15) is 4.39 Å². The molecule has 1 heterocycles. The fraction of sp³-hybridized carbons (Fsp3) is 1.00. The molecule has 50 valence electrons. The van der Waals surface area contributed by atoms with Crippen molar-refractivity contribution in [2.24, 2.45) is 5.11 Å². The van der Waals surface area contributed by atoms with Crippen molar-refractivity contribution in [2.45, 2.75) is 12.2 Å². The van der Waals surface area contributed by atoms with Crippen LogP contribution >= 0.6 is 0 Å². The van der Waals surface area contributed by atoms with Crippen LogP contribution < -0.4 is 5.32 Å². The van der Waals surface area contributed by atoms with Gasteiger partial charge in [-0.15, -0.1) is 0 Å². The molecule has 1 aliphatic rings. The monoisotopic (exact) mass is 130 g/mol. The topological polar surface area (TPSA) is 60.8 Å². The Balaban J connectivity index is 2.49. The normalized spacial score (nSPS) is 33.9. The van der Waals surface area contributed by atoms with Crippen molar-refractivity contribution in [1.82, 2.24) is 5.32 Å². The van der Waals surface area contributed by atoms with E-state index in [-0.39, 0.29) is 0 Å². The van der Waals surface area contributed by atoms with Gasteiger partial charge in [0.15, 0.2) is 0 Å². The summed E-state index contributed by atoms with van der Waals surface area (Å²) in [6.45, 7) is 0.773. The van der Waals surface area contributed by atoms with Gasteiger partial charge in [0.05, 0.1) is 6.04 Å². The second-order valence-corrected chi connectivity index (χ2v) is 1.95. The lowest BCUT2D eigenvalue weighted by atomic mass is 10.2. The minimum atomic E-state index is -0.999.